The highest BCUT2D eigenvalue weighted by atomic mass is 16.3. The van der Waals surface area contributed by atoms with Gasteiger partial charge in [0.2, 0.25) is 5.91 Å². The van der Waals surface area contributed by atoms with E-state index >= 15 is 0 Å². The van der Waals surface area contributed by atoms with Crippen LogP contribution in [-0.2, 0) is 4.79 Å². The lowest BCUT2D eigenvalue weighted by molar-refractivity contribution is -0.132. The molecule has 0 aromatic carbocycles. The SMILES string of the molecule is CCCCCCCCCCCCCCCC/C=C\CCCCCCCCCCCCCCCCCCC(O)C(=O)NC(CO)C(O)C(O)CCCCCCCCCCCC. The van der Waals surface area contributed by atoms with Gasteiger partial charge in [-0.3, -0.25) is 4.79 Å². The van der Waals surface area contributed by atoms with Crippen LogP contribution in [0.2, 0.25) is 0 Å². The number of unbranched alkanes of at least 4 members (excludes halogenated alkanes) is 39. The Labute approximate surface area is 374 Å². The van der Waals surface area contributed by atoms with Crippen molar-refractivity contribution in [1.29, 1.82) is 0 Å². The Morgan fingerprint density at radius 3 is 0.967 bits per heavy atom. The van der Waals surface area contributed by atoms with Crippen molar-refractivity contribution in [2.24, 2.45) is 0 Å². The van der Waals surface area contributed by atoms with Crippen molar-refractivity contribution in [3.05, 3.63) is 12.2 Å². The minimum Gasteiger partial charge on any atom is -0.394 e. The molecule has 4 atom stereocenters. The molecule has 0 aromatic rings. The number of nitrogens with one attached hydrogen (secondary N) is 1. The Balaban J connectivity index is 3.50. The highest BCUT2D eigenvalue weighted by Gasteiger charge is 2.28. The molecule has 0 aliphatic heterocycles. The summed E-state index contributed by atoms with van der Waals surface area (Å²) in [6.07, 6.45) is 57.3. The molecule has 0 radical (unpaired) electrons. The molecule has 0 heterocycles. The van der Waals surface area contributed by atoms with Crippen LogP contribution < -0.4 is 5.32 Å². The topological polar surface area (TPSA) is 110 Å². The van der Waals surface area contributed by atoms with Crippen LogP contribution in [0.15, 0.2) is 12.2 Å². The van der Waals surface area contributed by atoms with Crippen molar-refractivity contribution in [3.63, 3.8) is 0 Å². The van der Waals surface area contributed by atoms with Gasteiger partial charge < -0.3 is 25.7 Å². The third-order valence-electron chi connectivity index (χ3n) is 13.0. The summed E-state index contributed by atoms with van der Waals surface area (Å²) < 4.78 is 0. The summed E-state index contributed by atoms with van der Waals surface area (Å²) in [5, 5.41) is 43.7. The van der Waals surface area contributed by atoms with E-state index in [1.165, 1.54) is 231 Å². The van der Waals surface area contributed by atoms with Crippen LogP contribution >= 0.6 is 0 Å². The van der Waals surface area contributed by atoms with Crippen molar-refractivity contribution in [1.82, 2.24) is 5.32 Å². The number of carbonyl (C=O) groups excluding carboxylic acids is 1. The Hall–Kier alpha value is -0.950. The number of hydrogen-bond donors (Lipinski definition) is 5. The first kappa shape index (κ1) is 59.0. The highest BCUT2D eigenvalue weighted by Crippen LogP contribution is 2.18. The molecule has 4 unspecified atom stereocenters. The smallest absolute Gasteiger partial charge is 0.249 e. The Kier molecular flexibility index (Phi) is 48.3. The van der Waals surface area contributed by atoms with Gasteiger partial charge in [0.25, 0.3) is 0 Å². The second-order valence-corrected chi connectivity index (χ2v) is 18.9. The molecule has 1 amide bonds. The highest BCUT2D eigenvalue weighted by molar-refractivity contribution is 5.80. The van der Waals surface area contributed by atoms with E-state index in [0.29, 0.717) is 12.8 Å². The number of hydrogen-bond acceptors (Lipinski definition) is 5. The van der Waals surface area contributed by atoms with Gasteiger partial charge in [0.1, 0.15) is 12.2 Å². The van der Waals surface area contributed by atoms with Crippen molar-refractivity contribution in [3.8, 4) is 0 Å². The van der Waals surface area contributed by atoms with Crippen molar-refractivity contribution < 1.29 is 25.2 Å². The molecule has 0 spiro atoms. The van der Waals surface area contributed by atoms with Crippen LogP contribution in [0.4, 0.5) is 0 Å². The molecular formula is C54H107NO5. The largest absolute Gasteiger partial charge is 0.394 e. The molecule has 0 rings (SSSR count). The fourth-order valence-corrected chi connectivity index (χ4v) is 8.70. The standard InChI is InChI=1S/C54H107NO5/c1-3-5-7-9-11-13-15-16-17-18-19-20-21-22-23-24-25-26-27-28-29-30-31-32-33-34-35-36-37-38-40-42-44-46-48-52(58)54(60)55-50(49-56)53(59)51(57)47-45-43-41-39-14-12-10-8-6-4-2/h24-25,50-53,56-59H,3-23,26-49H2,1-2H3,(H,55,60)/b25-24-. The van der Waals surface area contributed by atoms with Gasteiger partial charge in [-0.2, -0.15) is 0 Å². The maximum Gasteiger partial charge on any atom is 0.249 e. The van der Waals surface area contributed by atoms with Crippen molar-refractivity contribution in [2.75, 3.05) is 6.61 Å². The molecular weight excluding hydrogens is 743 g/mol. The normalized spacial score (nSPS) is 13.9. The number of allylic oxidation sites excluding steroid dienone is 2. The number of carbonyl (C=O) groups is 1. The van der Waals surface area contributed by atoms with E-state index in [0.717, 1.165) is 38.5 Å². The zero-order chi connectivity index (χ0) is 43.8. The zero-order valence-electron chi connectivity index (χ0n) is 40.5. The number of rotatable bonds is 50. The third-order valence-corrected chi connectivity index (χ3v) is 13.0. The van der Waals surface area contributed by atoms with Crippen LogP contribution in [-0.4, -0.2) is 57.3 Å². The maximum atomic E-state index is 12.5. The first-order valence-corrected chi connectivity index (χ1v) is 27.1. The summed E-state index contributed by atoms with van der Waals surface area (Å²) in [4.78, 5) is 12.5. The van der Waals surface area contributed by atoms with Gasteiger partial charge in [0.15, 0.2) is 0 Å². The van der Waals surface area contributed by atoms with E-state index < -0.39 is 36.9 Å². The molecule has 60 heavy (non-hydrogen) atoms. The average Bonchev–Trinajstić information content (AvgIpc) is 3.25. The fraction of sp³-hybridized carbons (Fsp3) is 0.944. The first-order chi connectivity index (χ1) is 29.5. The Bertz CT molecular complexity index is 867. The zero-order valence-corrected chi connectivity index (χ0v) is 40.5. The molecule has 0 aliphatic rings. The Morgan fingerprint density at radius 2 is 0.667 bits per heavy atom. The summed E-state index contributed by atoms with van der Waals surface area (Å²) in [5.74, 6) is -0.581. The minimum absolute atomic E-state index is 0.373. The van der Waals surface area contributed by atoms with E-state index in [2.05, 4.69) is 31.3 Å². The van der Waals surface area contributed by atoms with E-state index in [4.69, 9.17) is 0 Å². The second-order valence-electron chi connectivity index (χ2n) is 18.9. The summed E-state index contributed by atoms with van der Waals surface area (Å²) in [6.45, 7) is 4.05. The summed E-state index contributed by atoms with van der Waals surface area (Å²) in [7, 11) is 0. The molecule has 0 saturated carbocycles. The molecule has 6 nitrogen and oxygen atoms in total. The van der Waals surface area contributed by atoms with Gasteiger partial charge in [-0.1, -0.05) is 270 Å². The third kappa shape index (κ3) is 42.4. The number of aliphatic hydroxyl groups is 4. The van der Waals surface area contributed by atoms with E-state index in [1.807, 2.05) is 0 Å². The predicted octanol–water partition coefficient (Wildman–Crippen LogP) is 15.3. The maximum absolute atomic E-state index is 12.5. The lowest BCUT2D eigenvalue weighted by Gasteiger charge is -2.27. The lowest BCUT2D eigenvalue weighted by atomic mass is 9.99. The lowest BCUT2D eigenvalue weighted by Crippen LogP contribution is -2.53. The first-order valence-electron chi connectivity index (χ1n) is 27.1. The van der Waals surface area contributed by atoms with Gasteiger partial charge in [0, 0.05) is 0 Å². The van der Waals surface area contributed by atoms with Gasteiger partial charge >= 0.3 is 0 Å². The van der Waals surface area contributed by atoms with Crippen molar-refractivity contribution in [2.45, 2.75) is 321 Å². The minimum atomic E-state index is -1.25. The van der Waals surface area contributed by atoms with Gasteiger partial charge in [-0.25, -0.2) is 0 Å². The molecule has 0 fully saturated rings. The van der Waals surface area contributed by atoms with E-state index in [1.54, 1.807) is 0 Å². The number of amides is 1. The van der Waals surface area contributed by atoms with Gasteiger partial charge in [0.05, 0.1) is 18.8 Å². The van der Waals surface area contributed by atoms with Crippen LogP contribution in [0.3, 0.4) is 0 Å². The van der Waals surface area contributed by atoms with Gasteiger partial charge in [-0.05, 0) is 38.5 Å². The molecule has 0 bridgehead atoms. The quantitative estimate of drug-likeness (QED) is 0.0309. The molecule has 0 saturated heterocycles. The van der Waals surface area contributed by atoms with Crippen molar-refractivity contribution >= 4 is 5.91 Å². The number of aliphatic hydroxyl groups excluding tert-OH is 4. The predicted molar refractivity (Wildman–Crippen MR) is 261 cm³/mol. The van der Waals surface area contributed by atoms with Crippen LogP contribution in [0.5, 0.6) is 0 Å². The van der Waals surface area contributed by atoms with Crippen LogP contribution in [0.1, 0.15) is 296 Å². The molecule has 0 aliphatic carbocycles. The summed E-state index contributed by atoms with van der Waals surface area (Å²) in [6, 6.07) is -0.980. The monoisotopic (exact) mass is 850 g/mol. The summed E-state index contributed by atoms with van der Waals surface area (Å²) in [5.41, 5.74) is 0. The summed E-state index contributed by atoms with van der Waals surface area (Å²) >= 11 is 0. The van der Waals surface area contributed by atoms with E-state index in [-0.39, 0.29) is 0 Å². The molecule has 6 heteroatoms. The molecule has 0 aromatic heterocycles. The van der Waals surface area contributed by atoms with Crippen LogP contribution in [0.25, 0.3) is 0 Å². The Morgan fingerprint density at radius 1 is 0.400 bits per heavy atom. The fourth-order valence-electron chi connectivity index (χ4n) is 8.70. The van der Waals surface area contributed by atoms with E-state index in [9.17, 15) is 25.2 Å². The molecule has 5 N–H and O–H groups in total. The molecule has 358 valence electrons. The van der Waals surface area contributed by atoms with Gasteiger partial charge in [-0.15, -0.1) is 0 Å². The second kappa shape index (κ2) is 49.1. The van der Waals surface area contributed by atoms with Crippen LogP contribution in [0, 0.1) is 0 Å². The average molecular weight is 850 g/mol.